The first kappa shape index (κ1) is 8.27. The maximum Gasteiger partial charge on any atom is 0.0737 e. The largest absolute Gasteiger partial charge is 0.389 e. The molecule has 12 heavy (non-hydrogen) atoms. The van der Waals surface area contributed by atoms with Gasteiger partial charge in [0.2, 0.25) is 0 Å². The van der Waals surface area contributed by atoms with Gasteiger partial charge in [-0.2, -0.15) is 0 Å². The molecule has 2 rings (SSSR count). The van der Waals surface area contributed by atoms with E-state index in [2.05, 4.69) is 11.4 Å². The third-order valence-corrected chi connectivity index (χ3v) is 3.02. The predicted octanol–water partition coefficient (Wildman–Crippen LogP) is 1.21. The summed E-state index contributed by atoms with van der Waals surface area (Å²) in [6.45, 7) is 1.87. The molecule has 2 aliphatic rings. The van der Waals surface area contributed by atoms with Gasteiger partial charge in [-0.1, -0.05) is 6.08 Å². The SMILES string of the molecule is C[C@@H](O)C1=CCC[C@@H]2CC[C@H]1N2. The van der Waals surface area contributed by atoms with Crippen LogP contribution in [0.25, 0.3) is 0 Å². The molecule has 0 saturated carbocycles. The molecule has 0 aromatic rings. The van der Waals surface area contributed by atoms with Gasteiger partial charge in [0.1, 0.15) is 0 Å². The summed E-state index contributed by atoms with van der Waals surface area (Å²) in [7, 11) is 0. The van der Waals surface area contributed by atoms with Crippen LogP contribution >= 0.6 is 0 Å². The average molecular weight is 167 g/mol. The molecule has 0 aromatic heterocycles. The van der Waals surface area contributed by atoms with Crippen molar-refractivity contribution >= 4 is 0 Å². The van der Waals surface area contributed by atoms with Gasteiger partial charge in [-0.3, -0.25) is 0 Å². The van der Waals surface area contributed by atoms with E-state index in [9.17, 15) is 5.11 Å². The Bertz CT molecular complexity index is 198. The van der Waals surface area contributed by atoms with Gasteiger partial charge in [0.15, 0.2) is 0 Å². The minimum Gasteiger partial charge on any atom is -0.389 e. The zero-order valence-corrected chi connectivity index (χ0v) is 7.59. The molecule has 2 bridgehead atoms. The molecule has 2 heterocycles. The van der Waals surface area contributed by atoms with Crippen LogP contribution in [0.15, 0.2) is 11.6 Å². The summed E-state index contributed by atoms with van der Waals surface area (Å²) in [5, 5.41) is 13.1. The minimum absolute atomic E-state index is 0.264. The number of hydrogen-bond acceptors (Lipinski definition) is 2. The number of fused-ring (bicyclic) bond motifs is 2. The molecule has 1 saturated heterocycles. The van der Waals surface area contributed by atoms with Crippen LogP contribution in [0.3, 0.4) is 0 Å². The highest BCUT2D eigenvalue weighted by atomic mass is 16.3. The highest BCUT2D eigenvalue weighted by molar-refractivity contribution is 5.19. The maximum atomic E-state index is 9.51. The molecule has 2 nitrogen and oxygen atoms in total. The summed E-state index contributed by atoms with van der Waals surface area (Å²) in [5.74, 6) is 0. The summed E-state index contributed by atoms with van der Waals surface area (Å²) in [6.07, 6.45) is 6.83. The van der Waals surface area contributed by atoms with Crippen molar-refractivity contribution in [1.29, 1.82) is 0 Å². The van der Waals surface area contributed by atoms with Crippen LogP contribution in [0.4, 0.5) is 0 Å². The number of aliphatic hydroxyl groups excluding tert-OH is 1. The Morgan fingerprint density at radius 2 is 2.33 bits per heavy atom. The van der Waals surface area contributed by atoms with Gasteiger partial charge in [-0.25, -0.2) is 0 Å². The van der Waals surface area contributed by atoms with Crippen LogP contribution in [0.5, 0.6) is 0 Å². The Kier molecular flexibility index (Phi) is 2.20. The molecule has 3 atom stereocenters. The van der Waals surface area contributed by atoms with Crippen LogP contribution < -0.4 is 5.32 Å². The third kappa shape index (κ3) is 1.41. The lowest BCUT2D eigenvalue weighted by atomic mass is 9.97. The van der Waals surface area contributed by atoms with Gasteiger partial charge in [0.25, 0.3) is 0 Å². The summed E-state index contributed by atoms with van der Waals surface area (Å²) in [5.41, 5.74) is 1.22. The second-order valence-corrected chi connectivity index (χ2v) is 3.95. The van der Waals surface area contributed by atoms with E-state index in [1.807, 2.05) is 6.92 Å². The number of rotatable bonds is 1. The summed E-state index contributed by atoms with van der Waals surface area (Å²) >= 11 is 0. The molecule has 0 radical (unpaired) electrons. The van der Waals surface area contributed by atoms with E-state index < -0.39 is 0 Å². The van der Waals surface area contributed by atoms with Gasteiger partial charge in [0.05, 0.1) is 6.10 Å². The Morgan fingerprint density at radius 1 is 1.50 bits per heavy atom. The monoisotopic (exact) mass is 167 g/mol. The Balaban J connectivity index is 2.15. The van der Waals surface area contributed by atoms with Crippen molar-refractivity contribution in [1.82, 2.24) is 5.32 Å². The van der Waals surface area contributed by atoms with Crippen molar-refractivity contribution < 1.29 is 5.11 Å². The molecule has 2 aliphatic heterocycles. The van der Waals surface area contributed by atoms with Crippen LogP contribution in [0.1, 0.15) is 32.6 Å². The topological polar surface area (TPSA) is 32.3 Å². The molecule has 2 heteroatoms. The lowest BCUT2D eigenvalue weighted by Crippen LogP contribution is -2.32. The van der Waals surface area contributed by atoms with E-state index in [1.54, 1.807) is 0 Å². The maximum absolute atomic E-state index is 9.51. The molecular formula is C10H17NO. The number of hydrogen-bond donors (Lipinski definition) is 2. The number of nitrogens with one attached hydrogen (secondary N) is 1. The van der Waals surface area contributed by atoms with Gasteiger partial charge in [-0.15, -0.1) is 0 Å². The second-order valence-electron chi connectivity index (χ2n) is 3.95. The standard InChI is InChI=1S/C10H17NO/c1-7(12)9-4-2-3-8-5-6-10(9)11-8/h4,7-8,10-12H,2-3,5-6H2,1H3/t7-,8-,10-/m1/s1. The lowest BCUT2D eigenvalue weighted by molar-refractivity contribution is 0.221. The smallest absolute Gasteiger partial charge is 0.0737 e. The van der Waals surface area contributed by atoms with E-state index >= 15 is 0 Å². The van der Waals surface area contributed by atoms with Gasteiger partial charge in [0, 0.05) is 12.1 Å². The predicted molar refractivity (Wildman–Crippen MR) is 48.9 cm³/mol. The fourth-order valence-electron chi connectivity index (χ4n) is 2.36. The molecule has 68 valence electrons. The van der Waals surface area contributed by atoms with Crippen molar-refractivity contribution in [2.24, 2.45) is 0 Å². The molecule has 2 N–H and O–H groups in total. The van der Waals surface area contributed by atoms with E-state index in [-0.39, 0.29) is 6.10 Å². The highest BCUT2D eigenvalue weighted by Crippen LogP contribution is 2.27. The first-order valence-corrected chi connectivity index (χ1v) is 4.91. The van der Waals surface area contributed by atoms with Crippen molar-refractivity contribution in [3.8, 4) is 0 Å². The van der Waals surface area contributed by atoms with Crippen molar-refractivity contribution in [3.63, 3.8) is 0 Å². The first-order chi connectivity index (χ1) is 5.77. The highest BCUT2D eigenvalue weighted by Gasteiger charge is 2.29. The molecule has 0 aromatic carbocycles. The summed E-state index contributed by atoms with van der Waals surface area (Å²) in [4.78, 5) is 0. The first-order valence-electron chi connectivity index (χ1n) is 4.91. The lowest BCUT2D eigenvalue weighted by Gasteiger charge is -2.17. The van der Waals surface area contributed by atoms with Crippen LogP contribution in [-0.2, 0) is 0 Å². The van der Waals surface area contributed by atoms with E-state index in [0.29, 0.717) is 12.1 Å². The fraction of sp³-hybridized carbons (Fsp3) is 0.800. The van der Waals surface area contributed by atoms with E-state index in [0.717, 1.165) is 6.42 Å². The normalized spacial score (nSPS) is 37.3. The number of aliphatic hydroxyl groups is 1. The Hall–Kier alpha value is -0.340. The van der Waals surface area contributed by atoms with Crippen molar-refractivity contribution in [2.75, 3.05) is 0 Å². The Morgan fingerprint density at radius 3 is 3.08 bits per heavy atom. The van der Waals surface area contributed by atoms with E-state index in [1.165, 1.54) is 24.8 Å². The minimum atomic E-state index is -0.264. The molecule has 0 aliphatic carbocycles. The average Bonchev–Trinajstić information content (AvgIpc) is 2.30. The van der Waals surface area contributed by atoms with Gasteiger partial charge in [-0.05, 0) is 38.2 Å². The van der Waals surface area contributed by atoms with E-state index in [4.69, 9.17) is 0 Å². The summed E-state index contributed by atoms with van der Waals surface area (Å²) in [6, 6.07) is 1.18. The fourth-order valence-corrected chi connectivity index (χ4v) is 2.36. The van der Waals surface area contributed by atoms with Crippen LogP contribution in [0, 0.1) is 0 Å². The van der Waals surface area contributed by atoms with Crippen LogP contribution in [-0.4, -0.2) is 23.3 Å². The zero-order chi connectivity index (χ0) is 8.55. The van der Waals surface area contributed by atoms with Crippen molar-refractivity contribution in [2.45, 2.75) is 50.8 Å². The van der Waals surface area contributed by atoms with Crippen molar-refractivity contribution in [3.05, 3.63) is 11.6 Å². The summed E-state index contributed by atoms with van der Waals surface area (Å²) < 4.78 is 0. The van der Waals surface area contributed by atoms with Gasteiger partial charge >= 0.3 is 0 Å². The number of allylic oxidation sites excluding steroid dienone is 1. The molecule has 0 spiro atoms. The Labute approximate surface area is 73.7 Å². The molecule has 0 amide bonds. The molecule has 1 fully saturated rings. The second kappa shape index (κ2) is 3.19. The third-order valence-electron chi connectivity index (χ3n) is 3.02. The molecular weight excluding hydrogens is 150 g/mol. The van der Waals surface area contributed by atoms with Gasteiger partial charge < -0.3 is 10.4 Å². The molecule has 0 unspecified atom stereocenters. The quantitative estimate of drug-likeness (QED) is 0.575. The van der Waals surface area contributed by atoms with Crippen LogP contribution in [0.2, 0.25) is 0 Å². The zero-order valence-electron chi connectivity index (χ0n) is 7.59.